The van der Waals surface area contributed by atoms with E-state index in [-0.39, 0.29) is 6.03 Å². The molecule has 0 saturated carbocycles. The fourth-order valence-corrected chi connectivity index (χ4v) is 3.50. The van der Waals surface area contributed by atoms with E-state index in [0.29, 0.717) is 6.54 Å². The average molecular weight is 293 g/mol. The van der Waals surface area contributed by atoms with Crippen LogP contribution in [-0.4, -0.2) is 60.9 Å². The molecule has 2 aliphatic heterocycles. The fourth-order valence-electron chi connectivity index (χ4n) is 2.49. The second-order valence-electron chi connectivity index (χ2n) is 4.87. The first-order valence-electron chi connectivity index (χ1n) is 7.12. The number of nitrogens with one attached hydrogen (secondary N) is 1. The first-order chi connectivity index (χ1) is 9.76. The number of hydrogen-bond donors (Lipinski definition) is 1. The number of urea groups is 1. The van der Waals surface area contributed by atoms with Crippen molar-refractivity contribution in [1.82, 2.24) is 15.1 Å². The van der Waals surface area contributed by atoms with Gasteiger partial charge in [-0.15, -0.1) is 11.8 Å². The molecular formula is C15H23N3OS. The second-order valence-corrected chi connectivity index (χ2v) is 6.01. The van der Waals surface area contributed by atoms with E-state index in [1.165, 1.54) is 10.5 Å². The third-order valence-electron chi connectivity index (χ3n) is 3.54. The molecule has 2 rings (SSSR count). The van der Waals surface area contributed by atoms with Crippen LogP contribution in [0.2, 0.25) is 0 Å². The van der Waals surface area contributed by atoms with Gasteiger partial charge in [-0.25, -0.2) is 4.79 Å². The van der Waals surface area contributed by atoms with Crippen molar-refractivity contribution >= 4 is 17.8 Å². The standard InChI is InChI=1S/C15H23N3OS/c1-3-5-13-12-18(10-11-20-14(13)4-2)15(19)17-8-6-16-7-9-17/h3-5,16H,1,6-12H2,2H3/b13-5-,14-4+. The highest BCUT2D eigenvalue weighted by Gasteiger charge is 2.25. The van der Waals surface area contributed by atoms with Crippen LogP contribution in [0.25, 0.3) is 0 Å². The Labute approximate surface area is 125 Å². The summed E-state index contributed by atoms with van der Waals surface area (Å²) in [4.78, 5) is 17.8. The molecule has 2 amide bonds. The third-order valence-corrected chi connectivity index (χ3v) is 4.73. The van der Waals surface area contributed by atoms with Crippen molar-refractivity contribution in [3.05, 3.63) is 35.3 Å². The maximum Gasteiger partial charge on any atom is 0.320 e. The monoisotopic (exact) mass is 293 g/mol. The van der Waals surface area contributed by atoms with Crippen LogP contribution in [0.3, 0.4) is 0 Å². The molecule has 110 valence electrons. The molecule has 2 fully saturated rings. The van der Waals surface area contributed by atoms with Crippen LogP contribution in [0.5, 0.6) is 0 Å². The largest absolute Gasteiger partial charge is 0.322 e. The van der Waals surface area contributed by atoms with Gasteiger partial charge < -0.3 is 15.1 Å². The number of amides is 2. The molecule has 5 heteroatoms. The van der Waals surface area contributed by atoms with Crippen molar-refractivity contribution in [2.24, 2.45) is 0 Å². The van der Waals surface area contributed by atoms with Gasteiger partial charge in [0.05, 0.1) is 0 Å². The van der Waals surface area contributed by atoms with E-state index in [4.69, 9.17) is 0 Å². The normalized spacial score (nSPS) is 24.9. The molecule has 0 atom stereocenters. The van der Waals surface area contributed by atoms with E-state index in [2.05, 4.69) is 18.0 Å². The number of rotatable bonds is 1. The number of carbonyl (C=O) groups excluding carboxylic acids is 1. The summed E-state index contributed by atoms with van der Waals surface area (Å²) in [5, 5.41) is 3.28. The van der Waals surface area contributed by atoms with E-state index in [1.807, 2.05) is 34.6 Å². The number of nitrogens with zero attached hydrogens (tertiary/aromatic N) is 2. The number of hydrogen-bond acceptors (Lipinski definition) is 3. The SMILES string of the molecule is C=C/C=C1/CN(C(=O)N2CCNCC2)CCS/C1=C/C. The first kappa shape index (κ1) is 15.2. The van der Waals surface area contributed by atoms with Crippen molar-refractivity contribution in [2.75, 3.05) is 45.0 Å². The van der Waals surface area contributed by atoms with Gasteiger partial charge in [0, 0.05) is 49.9 Å². The number of thioether (sulfide) groups is 1. The molecule has 20 heavy (non-hydrogen) atoms. The van der Waals surface area contributed by atoms with E-state index in [0.717, 1.165) is 38.5 Å². The molecule has 0 spiro atoms. The van der Waals surface area contributed by atoms with Crippen LogP contribution in [0.4, 0.5) is 4.79 Å². The number of carbonyl (C=O) groups is 1. The van der Waals surface area contributed by atoms with Crippen LogP contribution >= 0.6 is 11.8 Å². The predicted octanol–water partition coefficient (Wildman–Crippen LogP) is 2.08. The summed E-state index contributed by atoms with van der Waals surface area (Å²) in [5.74, 6) is 0.950. The summed E-state index contributed by atoms with van der Waals surface area (Å²) in [6.07, 6.45) is 5.95. The van der Waals surface area contributed by atoms with Gasteiger partial charge in [0.15, 0.2) is 0 Å². The molecule has 0 unspecified atom stereocenters. The molecule has 2 saturated heterocycles. The predicted molar refractivity (Wildman–Crippen MR) is 85.9 cm³/mol. The zero-order valence-electron chi connectivity index (χ0n) is 12.1. The Morgan fingerprint density at radius 1 is 1.30 bits per heavy atom. The van der Waals surface area contributed by atoms with Gasteiger partial charge in [0.25, 0.3) is 0 Å². The van der Waals surface area contributed by atoms with E-state index >= 15 is 0 Å². The lowest BCUT2D eigenvalue weighted by Gasteiger charge is -2.32. The molecule has 2 aliphatic rings. The summed E-state index contributed by atoms with van der Waals surface area (Å²) in [5.41, 5.74) is 1.19. The third kappa shape index (κ3) is 3.67. The smallest absolute Gasteiger partial charge is 0.320 e. The Hall–Kier alpha value is -1.20. The summed E-state index contributed by atoms with van der Waals surface area (Å²) < 4.78 is 0. The summed E-state index contributed by atoms with van der Waals surface area (Å²) in [6.45, 7) is 10.7. The van der Waals surface area contributed by atoms with Crippen LogP contribution in [0.15, 0.2) is 35.3 Å². The summed E-state index contributed by atoms with van der Waals surface area (Å²) >= 11 is 1.82. The Morgan fingerprint density at radius 3 is 2.70 bits per heavy atom. The van der Waals surface area contributed by atoms with Crippen LogP contribution in [0, 0.1) is 0 Å². The topological polar surface area (TPSA) is 35.6 Å². The highest BCUT2D eigenvalue weighted by Crippen LogP contribution is 2.28. The lowest BCUT2D eigenvalue weighted by atomic mass is 10.2. The van der Waals surface area contributed by atoms with Crippen molar-refractivity contribution in [2.45, 2.75) is 6.92 Å². The number of allylic oxidation sites excluding steroid dienone is 3. The van der Waals surface area contributed by atoms with Gasteiger partial charge in [0.2, 0.25) is 0 Å². The summed E-state index contributed by atoms with van der Waals surface area (Å²) in [6, 6.07) is 0.166. The van der Waals surface area contributed by atoms with E-state index < -0.39 is 0 Å². The van der Waals surface area contributed by atoms with Crippen LogP contribution in [0.1, 0.15) is 6.92 Å². The van der Waals surface area contributed by atoms with Crippen molar-refractivity contribution in [3.8, 4) is 0 Å². The van der Waals surface area contributed by atoms with Gasteiger partial charge in [0.1, 0.15) is 0 Å². The highest BCUT2D eigenvalue weighted by molar-refractivity contribution is 8.03. The van der Waals surface area contributed by atoms with Crippen LogP contribution in [-0.2, 0) is 0 Å². The van der Waals surface area contributed by atoms with E-state index in [1.54, 1.807) is 6.08 Å². The van der Waals surface area contributed by atoms with Gasteiger partial charge in [-0.2, -0.15) is 0 Å². The molecule has 0 bridgehead atoms. The van der Waals surface area contributed by atoms with Gasteiger partial charge in [-0.05, 0) is 12.5 Å². The highest BCUT2D eigenvalue weighted by atomic mass is 32.2. The zero-order chi connectivity index (χ0) is 14.4. The molecular weight excluding hydrogens is 270 g/mol. The van der Waals surface area contributed by atoms with Gasteiger partial charge >= 0.3 is 6.03 Å². The van der Waals surface area contributed by atoms with Gasteiger partial charge in [-0.1, -0.05) is 24.8 Å². The lowest BCUT2D eigenvalue weighted by molar-refractivity contribution is 0.153. The Bertz CT molecular complexity index is 425. The quantitative estimate of drug-likeness (QED) is 0.804. The molecule has 2 heterocycles. The molecule has 0 aromatic heterocycles. The molecule has 0 aliphatic carbocycles. The Balaban J connectivity index is 2.09. The fraction of sp³-hybridized carbons (Fsp3) is 0.533. The minimum atomic E-state index is 0.166. The molecule has 4 nitrogen and oxygen atoms in total. The molecule has 0 radical (unpaired) electrons. The first-order valence-corrected chi connectivity index (χ1v) is 8.10. The van der Waals surface area contributed by atoms with Crippen molar-refractivity contribution in [1.29, 1.82) is 0 Å². The Kier molecular flexibility index (Phi) is 5.73. The van der Waals surface area contributed by atoms with E-state index in [9.17, 15) is 4.79 Å². The second kappa shape index (κ2) is 7.55. The van der Waals surface area contributed by atoms with Crippen molar-refractivity contribution in [3.63, 3.8) is 0 Å². The average Bonchev–Trinajstić information content (AvgIpc) is 2.70. The minimum absolute atomic E-state index is 0.166. The van der Waals surface area contributed by atoms with Crippen molar-refractivity contribution < 1.29 is 4.79 Å². The Morgan fingerprint density at radius 2 is 2.05 bits per heavy atom. The maximum atomic E-state index is 12.6. The van der Waals surface area contributed by atoms with Crippen LogP contribution < -0.4 is 5.32 Å². The molecule has 1 N–H and O–H groups in total. The molecule has 0 aromatic rings. The zero-order valence-corrected chi connectivity index (χ0v) is 12.9. The minimum Gasteiger partial charge on any atom is -0.322 e. The van der Waals surface area contributed by atoms with Gasteiger partial charge in [-0.3, -0.25) is 0 Å². The summed E-state index contributed by atoms with van der Waals surface area (Å²) in [7, 11) is 0. The number of piperazine rings is 1. The lowest BCUT2D eigenvalue weighted by Crippen LogP contribution is -2.52. The maximum absolute atomic E-state index is 12.6. The molecule has 0 aromatic carbocycles.